The Labute approximate surface area is 138 Å². The molecule has 1 amide bonds. The van der Waals surface area contributed by atoms with Crippen LogP contribution in [-0.4, -0.2) is 5.91 Å². The van der Waals surface area contributed by atoms with Gasteiger partial charge in [0.15, 0.2) is 0 Å². The Hall–Kier alpha value is -2.38. The Morgan fingerprint density at radius 1 is 1.14 bits per heavy atom. The van der Waals surface area contributed by atoms with E-state index in [4.69, 9.17) is 0 Å². The molecule has 4 heteroatoms. The number of para-hydroxylation sites is 1. The number of nitrogens with one attached hydrogen (secondary N) is 1. The molecule has 0 radical (unpaired) electrons. The molecule has 0 aromatic heterocycles. The Kier molecular flexibility index (Phi) is 5.13. The molecule has 110 valence electrons. The van der Waals surface area contributed by atoms with Crippen LogP contribution < -0.4 is 5.32 Å². The number of halogens is 1. The second-order valence-corrected chi connectivity index (χ2v) is 5.86. The number of nitriles is 1. The molecule has 0 saturated heterocycles. The second-order valence-electron chi connectivity index (χ2n) is 4.94. The van der Waals surface area contributed by atoms with Crippen molar-refractivity contribution in [2.75, 3.05) is 5.32 Å². The number of rotatable bonds is 3. The Morgan fingerprint density at radius 3 is 2.27 bits per heavy atom. The van der Waals surface area contributed by atoms with Crippen molar-refractivity contribution < 1.29 is 4.79 Å². The van der Waals surface area contributed by atoms with Crippen molar-refractivity contribution in [3.8, 4) is 6.07 Å². The minimum atomic E-state index is -0.400. The lowest BCUT2D eigenvalue weighted by Gasteiger charge is -2.10. The molecule has 0 heterocycles. The first-order valence-corrected chi connectivity index (χ1v) is 7.55. The molecule has 0 atom stereocenters. The highest BCUT2D eigenvalue weighted by Crippen LogP contribution is 2.20. The molecular formula is C18H15BrN2O. The monoisotopic (exact) mass is 354 g/mol. The van der Waals surface area contributed by atoms with Gasteiger partial charge in [0.05, 0.1) is 0 Å². The van der Waals surface area contributed by atoms with Crippen LogP contribution in [-0.2, 0) is 4.79 Å². The Balaban J connectivity index is 2.26. The molecule has 22 heavy (non-hydrogen) atoms. The van der Waals surface area contributed by atoms with E-state index in [1.165, 1.54) is 0 Å². The molecule has 3 nitrogen and oxygen atoms in total. The maximum absolute atomic E-state index is 12.3. The lowest BCUT2D eigenvalue weighted by molar-refractivity contribution is -0.112. The largest absolute Gasteiger partial charge is 0.321 e. The van der Waals surface area contributed by atoms with E-state index < -0.39 is 5.91 Å². The summed E-state index contributed by atoms with van der Waals surface area (Å²) in [6.07, 6.45) is 1.58. The zero-order valence-corrected chi connectivity index (χ0v) is 13.9. The third-order valence-electron chi connectivity index (χ3n) is 3.27. The van der Waals surface area contributed by atoms with Crippen LogP contribution in [0.3, 0.4) is 0 Å². The van der Waals surface area contributed by atoms with Crippen LogP contribution in [0.25, 0.3) is 6.08 Å². The van der Waals surface area contributed by atoms with Gasteiger partial charge in [-0.15, -0.1) is 0 Å². The van der Waals surface area contributed by atoms with Gasteiger partial charge in [-0.2, -0.15) is 5.26 Å². The number of nitrogens with zero attached hydrogens (tertiary/aromatic N) is 1. The minimum Gasteiger partial charge on any atom is -0.321 e. The standard InChI is InChI=1S/C18H15BrN2O/c1-12-4-3-5-13(2)17(12)21-18(22)15(11-20)10-14-6-8-16(19)9-7-14/h3-10H,1-2H3,(H,21,22)/b15-10+. The summed E-state index contributed by atoms with van der Waals surface area (Å²) in [5, 5.41) is 12.1. The molecule has 0 unspecified atom stereocenters. The van der Waals surface area contributed by atoms with Gasteiger partial charge >= 0.3 is 0 Å². The van der Waals surface area contributed by atoms with Crippen molar-refractivity contribution in [3.05, 3.63) is 69.2 Å². The van der Waals surface area contributed by atoms with Crippen molar-refractivity contribution in [3.63, 3.8) is 0 Å². The van der Waals surface area contributed by atoms with Gasteiger partial charge in [-0.05, 0) is 48.7 Å². The number of anilines is 1. The van der Waals surface area contributed by atoms with Gasteiger partial charge in [-0.1, -0.05) is 46.3 Å². The summed E-state index contributed by atoms with van der Waals surface area (Å²) in [6.45, 7) is 3.85. The summed E-state index contributed by atoms with van der Waals surface area (Å²) in [5.74, 6) is -0.400. The van der Waals surface area contributed by atoms with Crippen LogP contribution in [0.4, 0.5) is 5.69 Å². The van der Waals surface area contributed by atoms with E-state index in [0.29, 0.717) is 0 Å². The fourth-order valence-electron chi connectivity index (χ4n) is 2.07. The summed E-state index contributed by atoms with van der Waals surface area (Å²) < 4.78 is 0.947. The molecule has 2 aromatic carbocycles. The Morgan fingerprint density at radius 2 is 1.73 bits per heavy atom. The molecule has 2 rings (SSSR count). The highest BCUT2D eigenvalue weighted by molar-refractivity contribution is 9.10. The summed E-state index contributed by atoms with van der Waals surface area (Å²) in [7, 11) is 0. The predicted molar refractivity (Wildman–Crippen MR) is 92.3 cm³/mol. The number of hydrogen-bond acceptors (Lipinski definition) is 2. The minimum absolute atomic E-state index is 0.0741. The lowest BCUT2D eigenvalue weighted by Crippen LogP contribution is -2.15. The highest BCUT2D eigenvalue weighted by Gasteiger charge is 2.12. The van der Waals surface area contributed by atoms with E-state index in [1.807, 2.05) is 62.4 Å². The van der Waals surface area contributed by atoms with Crippen LogP contribution >= 0.6 is 15.9 Å². The van der Waals surface area contributed by atoms with Gasteiger partial charge in [0.2, 0.25) is 0 Å². The van der Waals surface area contributed by atoms with E-state index in [0.717, 1.165) is 26.9 Å². The van der Waals surface area contributed by atoms with E-state index in [2.05, 4.69) is 21.2 Å². The highest BCUT2D eigenvalue weighted by atomic mass is 79.9. The van der Waals surface area contributed by atoms with Crippen molar-refractivity contribution in [2.45, 2.75) is 13.8 Å². The van der Waals surface area contributed by atoms with Crippen molar-refractivity contribution >= 4 is 33.6 Å². The fraction of sp³-hybridized carbons (Fsp3) is 0.111. The average Bonchev–Trinajstić information content (AvgIpc) is 2.50. The molecule has 0 spiro atoms. The van der Waals surface area contributed by atoms with Gasteiger partial charge in [-0.3, -0.25) is 4.79 Å². The zero-order chi connectivity index (χ0) is 16.1. The third kappa shape index (κ3) is 3.84. The molecule has 1 N–H and O–H groups in total. The smallest absolute Gasteiger partial charge is 0.266 e. The van der Waals surface area contributed by atoms with Gasteiger partial charge in [0.1, 0.15) is 11.6 Å². The Bertz CT molecular complexity index is 750. The van der Waals surface area contributed by atoms with Crippen LogP contribution in [0.5, 0.6) is 0 Å². The molecule has 0 aliphatic rings. The van der Waals surface area contributed by atoms with E-state index in [1.54, 1.807) is 6.08 Å². The quantitative estimate of drug-likeness (QED) is 0.646. The molecule has 0 aliphatic carbocycles. The molecule has 0 aliphatic heterocycles. The van der Waals surface area contributed by atoms with Crippen LogP contribution in [0.1, 0.15) is 16.7 Å². The van der Waals surface area contributed by atoms with E-state index in [9.17, 15) is 10.1 Å². The SMILES string of the molecule is Cc1cccc(C)c1NC(=O)/C(C#N)=C/c1ccc(Br)cc1. The van der Waals surface area contributed by atoms with Gasteiger partial charge in [0, 0.05) is 10.2 Å². The normalized spacial score (nSPS) is 10.9. The van der Waals surface area contributed by atoms with Crippen molar-refractivity contribution in [1.29, 1.82) is 5.26 Å². The molecular weight excluding hydrogens is 340 g/mol. The van der Waals surface area contributed by atoms with Crippen LogP contribution in [0.2, 0.25) is 0 Å². The fourth-order valence-corrected chi connectivity index (χ4v) is 2.33. The van der Waals surface area contributed by atoms with Crippen LogP contribution in [0.15, 0.2) is 52.5 Å². The molecule has 2 aromatic rings. The first-order valence-electron chi connectivity index (χ1n) is 6.76. The van der Waals surface area contributed by atoms with Gasteiger partial charge in [0.25, 0.3) is 5.91 Å². The summed E-state index contributed by atoms with van der Waals surface area (Å²) in [5.41, 5.74) is 3.56. The first kappa shape index (κ1) is 16.0. The summed E-state index contributed by atoms with van der Waals surface area (Å²) >= 11 is 3.35. The third-order valence-corrected chi connectivity index (χ3v) is 3.79. The lowest BCUT2D eigenvalue weighted by atomic mass is 10.1. The molecule has 0 fully saturated rings. The number of hydrogen-bond donors (Lipinski definition) is 1. The number of carbonyl (C=O) groups excluding carboxylic acids is 1. The van der Waals surface area contributed by atoms with Crippen molar-refractivity contribution in [2.24, 2.45) is 0 Å². The summed E-state index contributed by atoms with van der Waals surface area (Å²) in [4.78, 5) is 12.3. The maximum Gasteiger partial charge on any atom is 0.266 e. The van der Waals surface area contributed by atoms with E-state index >= 15 is 0 Å². The maximum atomic E-state index is 12.3. The number of carbonyl (C=O) groups is 1. The number of amides is 1. The second kappa shape index (κ2) is 7.06. The van der Waals surface area contributed by atoms with Crippen molar-refractivity contribution in [1.82, 2.24) is 0 Å². The molecule has 0 bridgehead atoms. The van der Waals surface area contributed by atoms with E-state index in [-0.39, 0.29) is 5.57 Å². The van der Waals surface area contributed by atoms with Gasteiger partial charge < -0.3 is 5.32 Å². The molecule has 0 saturated carbocycles. The average molecular weight is 355 g/mol. The number of aryl methyl sites for hydroxylation is 2. The number of benzene rings is 2. The predicted octanol–water partition coefficient (Wildman–Crippen LogP) is 4.61. The summed E-state index contributed by atoms with van der Waals surface area (Å²) in [6, 6.07) is 15.2. The zero-order valence-electron chi connectivity index (χ0n) is 12.4. The van der Waals surface area contributed by atoms with Gasteiger partial charge in [-0.25, -0.2) is 0 Å². The van der Waals surface area contributed by atoms with Crippen LogP contribution in [0, 0.1) is 25.2 Å². The first-order chi connectivity index (χ1) is 10.5. The topological polar surface area (TPSA) is 52.9 Å².